The predicted octanol–water partition coefficient (Wildman–Crippen LogP) is 1.73. The van der Waals surface area contributed by atoms with Crippen LogP contribution in [0.25, 0.3) is 0 Å². The molecule has 8 heavy (non-hydrogen) atoms. The van der Waals surface area contributed by atoms with Crippen molar-refractivity contribution in [3.63, 3.8) is 0 Å². The van der Waals surface area contributed by atoms with Crippen molar-refractivity contribution in [2.24, 2.45) is 5.73 Å². The zero-order chi connectivity index (χ0) is 6.62. The minimum Gasteiger partial charge on any atom is -0.325 e. The van der Waals surface area contributed by atoms with Crippen molar-refractivity contribution in [1.82, 2.24) is 0 Å². The average molecular weight is 114 g/mol. The van der Waals surface area contributed by atoms with Crippen LogP contribution in [0.15, 0.2) is 0 Å². The molecule has 0 saturated heterocycles. The maximum Gasteiger partial charge on any atom is 0.0149 e. The van der Waals surface area contributed by atoms with E-state index in [4.69, 9.17) is 5.73 Å². The molecule has 49 valence electrons. The van der Waals surface area contributed by atoms with Crippen LogP contribution in [-0.4, -0.2) is 5.54 Å². The van der Waals surface area contributed by atoms with Crippen LogP contribution in [0.3, 0.4) is 0 Å². The van der Waals surface area contributed by atoms with E-state index < -0.39 is 0 Å². The summed E-state index contributed by atoms with van der Waals surface area (Å²) < 4.78 is 0. The van der Waals surface area contributed by atoms with Crippen molar-refractivity contribution in [3.05, 3.63) is 6.92 Å². The van der Waals surface area contributed by atoms with E-state index >= 15 is 0 Å². The molecule has 0 aliphatic heterocycles. The van der Waals surface area contributed by atoms with Gasteiger partial charge in [-0.15, -0.1) is 0 Å². The average Bonchev–Trinajstić information content (AvgIpc) is 1.87. The molecule has 0 saturated carbocycles. The molecule has 0 heterocycles. The maximum atomic E-state index is 5.83. The van der Waals surface area contributed by atoms with Crippen LogP contribution in [0.4, 0.5) is 0 Å². The summed E-state index contributed by atoms with van der Waals surface area (Å²) in [5.74, 6) is 0. The van der Waals surface area contributed by atoms with Crippen molar-refractivity contribution >= 4 is 0 Å². The van der Waals surface area contributed by atoms with E-state index in [1.807, 2.05) is 0 Å². The van der Waals surface area contributed by atoms with E-state index in [1.165, 1.54) is 0 Å². The zero-order valence-corrected chi connectivity index (χ0v) is 5.91. The standard InChI is InChI=1S/C7H16N/c1-4-7(8,5-2)6-3/h1,4-6,8H2,2-3H3. The maximum absolute atomic E-state index is 5.83. The Hall–Kier alpha value is -0.0400. The quantitative estimate of drug-likeness (QED) is 0.594. The highest BCUT2D eigenvalue weighted by Crippen LogP contribution is 2.13. The molecule has 0 spiro atoms. The van der Waals surface area contributed by atoms with E-state index in [0.717, 1.165) is 19.3 Å². The van der Waals surface area contributed by atoms with Crippen LogP contribution in [0.2, 0.25) is 0 Å². The van der Waals surface area contributed by atoms with Gasteiger partial charge in [0.25, 0.3) is 0 Å². The Morgan fingerprint density at radius 2 is 1.75 bits per heavy atom. The summed E-state index contributed by atoms with van der Waals surface area (Å²) in [6.45, 7) is 7.99. The van der Waals surface area contributed by atoms with Crippen LogP contribution in [-0.2, 0) is 0 Å². The third-order valence-corrected chi connectivity index (χ3v) is 1.91. The summed E-state index contributed by atoms with van der Waals surface area (Å²) >= 11 is 0. The second-order valence-electron chi connectivity index (χ2n) is 2.32. The fourth-order valence-electron chi connectivity index (χ4n) is 0.604. The Morgan fingerprint density at radius 3 is 1.75 bits per heavy atom. The smallest absolute Gasteiger partial charge is 0.0149 e. The molecule has 0 rings (SSSR count). The second kappa shape index (κ2) is 3.08. The predicted molar refractivity (Wildman–Crippen MR) is 37.5 cm³/mol. The molecule has 1 radical (unpaired) electrons. The van der Waals surface area contributed by atoms with Gasteiger partial charge in [-0.25, -0.2) is 0 Å². The van der Waals surface area contributed by atoms with Gasteiger partial charge in [-0.1, -0.05) is 20.8 Å². The molecule has 0 aromatic heterocycles. The Balaban J connectivity index is 3.58. The fraction of sp³-hybridized carbons (Fsp3) is 0.857. The summed E-state index contributed by atoms with van der Waals surface area (Å²) in [6, 6.07) is 0. The van der Waals surface area contributed by atoms with E-state index in [1.54, 1.807) is 0 Å². The molecule has 0 amide bonds. The lowest BCUT2D eigenvalue weighted by atomic mass is 9.92. The van der Waals surface area contributed by atoms with Gasteiger partial charge in [-0.3, -0.25) is 0 Å². The molecule has 0 fully saturated rings. The summed E-state index contributed by atoms with van der Waals surface area (Å²) in [7, 11) is 0. The van der Waals surface area contributed by atoms with Crippen molar-refractivity contribution in [2.45, 2.75) is 38.6 Å². The summed E-state index contributed by atoms with van der Waals surface area (Å²) in [6.07, 6.45) is 2.92. The van der Waals surface area contributed by atoms with Gasteiger partial charge in [0.15, 0.2) is 0 Å². The van der Waals surface area contributed by atoms with Crippen LogP contribution < -0.4 is 5.73 Å². The first-order chi connectivity index (χ1) is 3.68. The number of hydrogen-bond donors (Lipinski definition) is 1. The molecule has 2 N–H and O–H groups in total. The first-order valence-electron chi connectivity index (χ1n) is 3.26. The molecule has 0 aromatic carbocycles. The lowest BCUT2D eigenvalue weighted by Crippen LogP contribution is -2.37. The monoisotopic (exact) mass is 114 g/mol. The topological polar surface area (TPSA) is 26.0 Å². The molecule has 1 heteroatoms. The van der Waals surface area contributed by atoms with Gasteiger partial charge < -0.3 is 5.73 Å². The molecular weight excluding hydrogens is 98.1 g/mol. The summed E-state index contributed by atoms with van der Waals surface area (Å²) in [4.78, 5) is 0. The SMILES string of the molecule is [CH2]CC(N)(CC)CC. The normalized spacial score (nSPS) is 12.0. The molecule has 0 aliphatic rings. The Labute approximate surface area is 52.3 Å². The lowest BCUT2D eigenvalue weighted by Gasteiger charge is -2.23. The minimum absolute atomic E-state index is 0.0139. The first kappa shape index (κ1) is 7.96. The van der Waals surface area contributed by atoms with E-state index in [-0.39, 0.29) is 5.54 Å². The van der Waals surface area contributed by atoms with Gasteiger partial charge in [0.05, 0.1) is 0 Å². The molecule has 1 nitrogen and oxygen atoms in total. The van der Waals surface area contributed by atoms with Gasteiger partial charge in [0.2, 0.25) is 0 Å². The molecule has 0 bridgehead atoms. The van der Waals surface area contributed by atoms with Gasteiger partial charge >= 0.3 is 0 Å². The van der Waals surface area contributed by atoms with Crippen LogP contribution >= 0.6 is 0 Å². The van der Waals surface area contributed by atoms with Gasteiger partial charge in [-0.05, 0) is 19.3 Å². The van der Waals surface area contributed by atoms with E-state index in [0.29, 0.717) is 0 Å². The number of rotatable bonds is 3. The highest BCUT2D eigenvalue weighted by atomic mass is 14.7. The van der Waals surface area contributed by atoms with Gasteiger partial charge in [-0.2, -0.15) is 0 Å². The summed E-state index contributed by atoms with van der Waals surface area (Å²) in [5.41, 5.74) is 5.85. The van der Waals surface area contributed by atoms with Gasteiger partial charge in [0.1, 0.15) is 0 Å². The third kappa shape index (κ3) is 1.83. The third-order valence-electron chi connectivity index (χ3n) is 1.91. The van der Waals surface area contributed by atoms with Crippen molar-refractivity contribution in [3.8, 4) is 0 Å². The Morgan fingerprint density at radius 1 is 1.38 bits per heavy atom. The highest BCUT2D eigenvalue weighted by Gasteiger charge is 2.15. The largest absolute Gasteiger partial charge is 0.325 e. The molecule has 0 unspecified atom stereocenters. The minimum atomic E-state index is 0.0139. The van der Waals surface area contributed by atoms with Crippen LogP contribution in [0.1, 0.15) is 33.1 Å². The zero-order valence-electron chi connectivity index (χ0n) is 5.91. The van der Waals surface area contributed by atoms with E-state index in [9.17, 15) is 0 Å². The van der Waals surface area contributed by atoms with Gasteiger partial charge in [0, 0.05) is 5.54 Å². The first-order valence-corrected chi connectivity index (χ1v) is 3.26. The van der Waals surface area contributed by atoms with Crippen molar-refractivity contribution in [1.29, 1.82) is 0 Å². The molecule has 0 aromatic rings. The number of nitrogens with two attached hydrogens (primary N) is 1. The van der Waals surface area contributed by atoms with Crippen molar-refractivity contribution in [2.75, 3.05) is 0 Å². The fourth-order valence-corrected chi connectivity index (χ4v) is 0.604. The highest BCUT2D eigenvalue weighted by molar-refractivity contribution is 4.80. The molecule has 0 aliphatic carbocycles. The number of hydrogen-bond acceptors (Lipinski definition) is 1. The van der Waals surface area contributed by atoms with Crippen LogP contribution in [0.5, 0.6) is 0 Å². The van der Waals surface area contributed by atoms with E-state index in [2.05, 4.69) is 20.8 Å². The summed E-state index contributed by atoms with van der Waals surface area (Å²) in [5, 5.41) is 0. The Bertz CT molecular complexity index is 47.1. The second-order valence-corrected chi connectivity index (χ2v) is 2.32. The molecule has 0 atom stereocenters. The Kier molecular flexibility index (Phi) is 3.06. The lowest BCUT2D eigenvalue weighted by molar-refractivity contribution is 0.399. The van der Waals surface area contributed by atoms with Crippen molar-refractivity contribution < 1.29 is 0 Å². The van der Waals surface area contributed by atoms with Crippen LogP contribution in [0, 0.1) is 6.92 Å². The molecular formula is C7H16N.